The van der Waals surface area contributed by atoms with Crippen molar-refractivity contribution >= 4 is 5.91 Å². The van der Waals surface area contributed by atoms with Crippen LogP contribution in [0.4, 0.5) is 0 Å². The summed E-state index contributed by atoms with van der Waals surface area (Å²) < 4.78 is 22.8. The summed E-state index contributed by atoms with van der Waals surface area (Å²) in [6.45, 7) is 2.85. The molecule has 0 aromatic carbocycles. The molecule has 9 N–H and O–H groups in total. The molecule has 1 amide bonds. The van der Waals surface area contributed by atoms with E-state index in [0.29, 0.717) is 6.42 Å². The number of amides is 1. The summed E-state index contributed by atoms with van der Waals surface area (Å²) >= 11 is 0. The van der Waals surface area contributed by atoms with Crippen LogP contribution in [0.1, 0.15) is 303 Å². The Bertz CT molecular complexity index is 1380. The van der Waals surface area contributed by atoms with Gasteiger partial charge in [0.25, 0.3) is 0 Å². The molecular formula is C65H125NO13. The SMILES string of the molecule is CCCCCCCCCCCCCCCCCCCCCCCCC/C=C/C(O)C(COC1OC(CO)C(OC2OC(CO)C(O)C(O)C2O)C(O)C1O)NC(=O)CCCCCCCCCCCCCCCCCCCCCC. The average Bonchev–Trinajstić information content (AvgIpc) is 3.47. The maximum atomic E-state index is 13.3. The molecule has 2 aliphatic rings. The monoisotopic (exact) mass is 1130 g/mol. The van der Waals surface area contributed by atoms with Crippen molar-refractivity contribution in [2.24, 2.45) is 0 Å². The second-order valence-corrected chi connectivity index (χ2v) is 24.0. The van der Waals surface area contributed by atoms with Crippen molar-refractivity contribution in [3.05, 3.63) is 12.2 Å². The van der Waals surface area contributed by atoms with Gasteiger partial charge in [-0.2, -0.15) is 0 Å². The fraction of sp³-hybridized carbons (Fsp3) is 0.954. The second-order valence-electron chi connectivity index (χ2n) is 24.0. The fourth-order valence-electron chi connectivity index (χ4n) is 11.4. The first-order valence-corrected chi connectivity index (χ1v) is 33.4. The quantitative estimate of drug-likeness (QED) is 0.0204. The van der Waals surface area contributed by atoms with Crippen LogP contribution in [0.25, 0.3) is 0 Å². The highest BCUT2D eigenvalue weighted by Gasteiger charge is 2.51. The molecule has 12 atom stereocenters. The number of carbonyl (C=O) groups excluding carboxylic acids is 1. The van der Waals surface area contributed by atoms with Crippen LogP contribution in [-0.4, -0.2) is 140 Å². The van der Waals surface area contributed by atoms with Gasteiger partial charge in [0.1, 0.15) is 48.8 Å². The Morgan fingerprint density at radius 1 is 0.443 bits per heavy atom. The zero-order chi connectivity index (χ0) is 57.4. The predicted molar refractivity (Wildman–Crippen MR) is 319 cm³/mol. The zero-order valence-corrected chi connectivity index (χ0v) is 50.6. The van der Waals surface area contributed by atoms with E-state index in [1.54, 1.807) is 6.08 Å². The lowest BCUT2D eigenvalue weighted by Crippen LogP contribution is -2.65. The van der Waals surface area contributed by atoms with Crippen LogP contribution in [0.2, 0.25) is 0 Å². The van der Waals surface area contributed by atoms with Crippen molar-refractivity contribution in [3.8, 4) is 0 Å². The number of aliphatic hydroxyl groups is 8. The number of unbranched alkanes of at least 4 members (excludes halogenated alkanes) is 42. The molecule has 0 spiro atoms. The third-order valence-electron chi connectivity index (χ3n) is 16.7. The van der Waals surface area contributed by atoms with Gasteiger partial charge >= 0.3 is 0 Å². The summed E-state index contributed by atoms with van der Waals surface area (Å²) in [4.78, 5) is 13.3. The van der Waals surface area contributed by atoms with E-state index in [1.165, 1.54) is 238 Å². The molecule has 0 aromatic heterocycles. The molecule has 2 aliphatic heterocycles. The molecule has 0 radical (unpaired) electrons. The van der Waals surface area contributed by atoms with Crippen LogP contribution in [-0.2, 0) is 23.7 Å². The summed E-state index contributed by atoms with van der Waals surface area (Å²) in [5.74, 6) is -0.232. The molecule has 2 rings (SSSR count). The minimum absolute atomic E-state index is 0.232. The van der Waals surface area contributed by atoms with Crippen LogP contribution in [0, 0.1) is 0 Å². The number of aliphatic hydroxyl groups excluding tert-OH is 8. The molecule has 2 saturated heterocycles. The number of rotatable bonds is 55. The number of carbonyl (C=O) groups is 1. The Hall–Kier alpha value is -1.27. The van der Waals surface area contributed by atoms with Gasteiger partial charge in [-0.15, -0.1) is 0 Å². The van der Waals surface area contributed by atoms with Crippen molar-refractivity contribution in [1.82, 2.24) is 5.32 Å². The Morgan fingerprint density at radius 3 is 1.16 bits per heavy atom. The second kappa shape index (κ2) is 51.2. The highest BCUT2D eigenvalue weighted by atomic mass is 16.7. The van der Waals surface area contributed by atoms with Crippen LogP contribution >= 0.6 is 0 Å². The van der Waals surface area contributed by atoms with Gasteiger partial charge in [-0.25, -0.2) is 0 Å². The maximum absolute atomic E-state index is 13.3. The molecule has 0 aromatic rings. The van der Waals surface area contributed by atoms with E-state index in [4.69, 9.17) is 18.9 Å². The van der Waals surface area contributed by atoms with Gasteiger partial charge < -0.3 is 65.1 Å². The molecule has 468 valence electrons. The van der Waals surface area contributed by atoms with Gasteiger partial charge in [0.15, 0.2) is 12.6 Å². The Labute approximate surface area is 482 Å². The first-order valence-electron chi connectivity index (χ1n) is 33.4. The minimum Gasteiger partial charge on any atom is -0.394 e. The lowest BCUT2D eigenvalue weighted by molar-refractivity contribution is -0.359. The molecule has 0 saturated carbocycles. The van der Waals surface area contributed by atoms with Gasteiger partial charge in [-0.05, 0) is 19.3 Å². The number of ether oxygens (including phenoxy) is 4. The summed E-state index contributed by atoms with van der Waals surface area (Å²) in [7, 11) is 0. The fourth-order valence-corrected chi connectivity index (χ4v) is 11.4. The van der Waals surface area contributed by atoms with E-state index in [1.807, 2.05) is 6.08 Å². The number of hydrogen-bond acceptors (Lipinski definition) is 13. The lowest BCUT2D eigenvalue weighted by Gasteiger charge is -2.46. The van der Waals surface area contributed by atoms with Crippen molar-refractivity contribution in [3.63, 3.8) is 0 Å². The van der Waals surface area contributed by atoms with Crippen LogP contribution in [0.3, 0.4) is 0 Å². The zero-order valence-electron chi connectivity index (χ0n) is 50.6. The highest BCUT2D eigenvalue weighted by Crippen LogP contribution is 2.30. The van der Waals surface area contributed by atoms with Crippen LogP contribution in [0.5, 0.6) is 0 Å². The third kappa shape index (κ3) is 36.2. The molecule has 14 heteroatoms. The van der Waals surface area contributed by atoms with Crippen molar-refractivity contribution in [1.29, 1.82) is 0 Å². The molecule has 14 nitrogen and oxygen atoms in total. The molecule has 0 bridgehead atoms. The Balaban J connectivity index is 1.71. The molecule has 2 heterocycles. The number of nitrogens with one attached hydrogen (secondary N) is 1. The largest absolute Gasteiger partial charge is 0.394 e. The van der Waals surface area contributed by atoms with Gasteiger partial charge in [-0.3, -0.25) is 4.79 Å². The summed E-state index contributed by atoms with van der Waals surface area (Å²) in [5.41, 5.74) is 0. The minimum atomic E-state index is -1.79. The topological polar surface area (TPSA) is 228 Å². The Kier molecular flexibility index (Phi) is 47.8. The molecule has 2 fully saturated rings. The highest BCUT2D eigenvalue weighted by molar-refractivity contribution is 5.76. The number of allylic oxidation sites excluding steroid dienone is 1. The van der Waals surface area contributed by atoms with E-state index in [-0.39, 0.29) is 18.9 Å². The maximum Gasteiger partial charge on any atom is 0.220 e. The van der Waals surface area contributed by atoms with Gasteiger partial charge in [0.2, 0.25) is 5.91 Å². The van der Waals surface area contributed by atoms with Crippen molar-refractivity contribution < 1.29 is 64.6 Å². The molecule has 0 aliphatic carbocycles. The van der Waals surface area contributed by atoms with Crippen molar-refractivity contribution in [2.45, 2.75) is 376 Å². The van der Waals surface area contributed by atoms with E-state index in [0.717, 1.165) is 38.5 Å². The van der Waals surface area contributed by atoms with Crippen LogP contribution < -0.4 is 5.32 Å². The summed E-state index contributed by atoms with van der Waals surface area (Å²) in [6.07, 6.45) is 44.0. The predicted octanol–water partition coefficient (Wildman–Crippen LogP) is 12.6. The third-order valence-corrected chi connectivity index (χ3v) is 16.7. The van der Waals surface area contributed by atoms with Gasteiger partial charge in [0.05, 0.1) is 32.0 Å². The number of hydrogen-bond donors (Lipinski definition) is 9. The normalized spacial score (nSPS) is 24.4. The Morgan fingerprint density at radius 2 is 0.785 bits per heavy atom. The van der Waals surface area contributed by atoms with Gasteiger partial charge in [0, 0.05) is 6.42 Å². The first-order chi connectivity index (χ1) is 38.6. The smallest absolute Gasteiger partial charge is 0.220 e. The van der Waals surface area contributed by atoms with Crippen LogP contribution in [0.15, 0.2) is 12.2 Å². The van der Waals surface area contributed by atoms with E-state index in [2.05, 4.69) is 19.2 Å². The van der Waals surface area contributed by atoms with Gasteiger partial charge in [-0.1, -0.05) is 289 Å². The summed E-state index contributed by atoms with van der Waals surface area (Å²) in [5, 5.41) is 87.3. The lowest BCUT2D eigenvalue weighted by atomic mass is 9.97. The first kappa shape index (κ1) is 73.8. The molecule has 12 unspecified atom stereocenters. The van der Waals surface area contributed by atoms with E-state index < -0.39 is 86.8 Å². The average molecular weight is 1130 g/mol. The van der Waals surface area contributed by atoms with E-state index >= 15 is 0 Å². The standard InChI is InChI=1S/C65H125NO13/c1-3-5-7-9-11-13-15-17-19-21-23-25-26-27-28-29-30-32-34-36-38-40-42-44-46-48-54(69)53(66-57(70)49-47-45-43-41-39-37-35-33-31-24-22-20-18-16-14-12-10-8-6-4-2)52-76-64-62(75)60(73)63(56(51-68)78-64)79-65-61(74)59(72)58(71)55(50-67)77-65/h46,48,53-56,58-65,67-69,71-75H,3-45,47,49-52H2,1-2H3,(H,66,70)/b48-46+. The molecule has 79 heavy (non-hydrogen) atoms. The van der Waals surface area contributed by atoms with Crippen molar-refractivity contribution in [2.75, 3.05) is 19.8 Å². The molecular weight excluding hydrogens is 1000 g/mol. The van der Waals surface area contributed by atoms with E-state index in [9.17, 15) is 45.6 Å². The summed E-state index contributed by atoms with van der Waals surface area (Å²) in [6, 6.07) is -0.910.